The maximum Gasteiger partial charge on any atom is 0.320 e. The average Bonchev–Trinajstić information content (AvgIpc) is 3.33. The van der Waals surface area contributed by atoms with Crippen LogP contribution in [-0.2, 0) is 12.0 Å². The van der Waals surface area contributed by atoms with Gasteiger partial charge in [0.15, 0.2) is 5.82 Å². The molecule has 2 saturated heterocycles. The molecule has 2 amide bonds. The molecule has 186 valence electrons. The van der Waals surface area contributed by atoms with Crippen LogP contribution < -0.4 is 0 Å². The lowest BCUT2D eigenvalue weighted by atomic mass is 9.57. The van der Waals surface area contributed by atoms with Crippen molar-refractivity contribution in [3.8, 4) is 0 Å². The fraction of sp³-hybridized carbons (Fsp3) is 0.692. The highest BCUT2D eigenvalue weighted by Crippen LogP contribution is 2.56. The number of rotatable bonds is 4. The number of H-pyrrole nitrogens is 1. The summed E-state index contributed by atoms with van der Waals surface area (Å²) >= 11 is 0. The number of halogens is 1. The molecule has 2 N–H and O–H groups in total. The predicted octanol–water partition coefficient (Wildman–Crippen LogP) is 3.35. The van der Waals surface area contributed by atoms with E-state index in [1.165, 1.54) is 25.1 Å². The molecule has 9 heteroatoms. The summed E-state index contributed by atoms with van der Waals surface area (Å²) in [4.78, 5) is 24.6. The maximum absolute atomic E-state index is 13.1. The molecule has 0 radical (unpaired) electrons. The molecule has 5 fully saturated rings. The molecule has 2 aromatic rings. The zero-order chi connectivity index (χ0) is 23.8. The highest BCUT2D eigenvalue weighted by atomic mass is 19.1. The van der Waals surface area contributed by atoms with Crippen molar-refractivity contribution in [2.24, 2.45) is 16.7 Å². The van der Waals surface area contributed by atoms with Crippen molar-refractivity contribution >= 4 is 6.03 Å². The van der Waals surface area contributed by atoms with Gasteiger partial charge in [-0.3, -0.25) is 4.98 Å². The van der Waals surface area contributed by atoms with Crippen molar-refractivity contribution in [2.75, 3.05) is 26.2 Å². The topological polar surface area (TPSA) is 98.2 Å². The lowest BCUT2D eigenvalue weighted by molar-refractivity contribution is -0.0777. The van der Waals surface area contributed by atoms with E-state index in [1.54, 1.807) is 6.07 Å². The number of aromatic amines is 1. The van der Waals surface area contributed by atoms with Crippen LogP contribution in [0.4, 0.5) is 9.18 Å². The largest absolute Gasteiger partial charge is 0.382 e. The smallest absolute Gasteiger partial charge is 0.320 e. The summed E-state index contributed by atoms with van der Waals surface area (Å²) in [5.41, 5.74) is 0.771. The standard InChI is InChI=1S/C26H33FN6O2/c27-19-1-2-20(28-12-19)9-17-3-5-24(6-4-17)13-32(14-24)23(34)33-15-25(16-33)10-18(11-25)21-29-22(31-30-21)26(35)7-8-26/h1-2,12,17-18,35H,3-11,13-16H2,(H,29,30,31). The number of aliphatic hydroxyl groups is 1. The van der Waals surface area contributed by atoms with Crippen LogP contribution in [0.5, 0.6) is 0 Å². The first kappa shape index (κ1) is 21.7. The van der Waals surface area contributed by atoms with Gasteiger partial charge in [-0.25, -0.2) is 9.18 Å². The minimum atomic E-state index is -0.764. The molecule has 0 atom stereocenters. The third-order valence-electron chi connectivity index (χ3n) is 9.51. The second kappa shape index (κ2) is 7.48. The Morgan fingerprint density at radius 1 is 1.03 bits per heavy atom. The molecule has 3 saturated carbocycles. The van der Waals surface area contributed by atoms with Gasteiger partial charge < -0.3 is 19.9 Å². The Kier molecular flexibility index (Phi) is 4.64. The molecule has 5 aliphatic rings. The SMILES string of the molecule is O=C(N1CC2(CCC(Cc3ccc(F)cn3)CC2)C1)N1CC2(CC(c3nnc(C4(O)CC4)[nH]3)C2)C1. The van der Waals surface area contributed by atoms with E-state index in [-0.39, 0.29) is 17.3 Å². The van der Waals surface area contributed by atoms with Crippen molar-refractivity contribution in [3.05, 3.63) is 41.5 Å². The molecule has 0 aromatic carbocycles. The number of likely N-dealkylation sites (tertiary alicyclic amines) is 2. The van der Waals surface area contributed by atoms with Crippen LogP contribution in [0.2, 0.25) is 0 Å². The summed E-state index contributed by atoms with van der Waals surface area (Å²) < 4.78 is 13.1. The molecule has 0 bridgehead atoms. The van der Waals surface area contributed by atoms with E-state index in [1.807, 2.05) is 9.80 Å². The summed E-state index contributed by atoms with van der Waals surface area (Å²) in [7, 11) is 0. The van der Waals surface area contributed by atoms with E-state index in [9.17, 15) is 14.3 Å². The summed E-state index contributed by atoms with van der Waals surface area (Å²) in [6.07, 6.45) is 10.5. The molecule has 7 rings (SSSR count). The fourth-order valence-corrected chi connectivity index (χ4v) is 7.09. The quantitative estimate of drug-likeness (QED) is 0.699. The van der Waals surface area contributed by atoms with Gasteiger partial charge >= 0.3 is 6.03 Å². The van der Waals surface area contributed by atoms with Gasteiger partial charge in [-0.2, -0.15) is 0 Å². The first-order chi connectivity index (χ1) is 16.8. The van der Waals surface area contributed by atoms with Crippen LogP contribution in [0.25, 0.3) is 0 Å². The third-order valence-corrected chi connectivity index (χ3v) is 9.51. The minimum absolute atomic E-state index is 0.209. The summed E-state index contributed by atoms with van der Waals surface area (Å²) in [5.74, 6) is 2.21. The molecule has 8 nitrogen and oxygen atoms in total. The number of carbonyl (C=O) groups excluding carboxylic acids is 1. The van der Waals surface area contributed by atoms with Crippen molar-refractivity contribution in [1.29, 1.82) is 0 Å². The van der Waals surface area contributed by atoms with E-state index in [0.717, 1.165) is 82.6 Å². The van der Waals surface area contributed by atoms with Crippen molar-refractivity contribution in [3.63, 3.8) is 0 Å². The maximum atomic E-state index is 13.1. The monoisotopic (exact) mass is 480 g/mol. The molecular formula is C26H33FN6O2. The Labute approximate surface area is 204 Å². The van der Waals surface area contributed by atoms with Crippen molar-refractivity contribution in [1.82, 2.24) is 30.0 Å². The number of nitrogens with zero attached hydrogens (tertiary/aromatic N) is 5. The molecule has 0 unspecified atom stereocenters. The van der Waals surface area contributed by atoms with Crippen LogP contribution in [-0.4, -0.2) is 67.3 Å². The highest BCUT2D eigenvalue weighted by molar-refractivity contribution is 5.76. The lowest BCUT2D eigenvalue weighted by Gasteiger charge is -2.61. The van der Waals surface area contributed by atoms with Gasteiger partial charge in [-0.15, -0.1) is 10.2 Å². The van der Waals surface area contributed by atoms with Gasteiger partial charge in [-0.1, -0.05) is 0 Å². The summed E-state index contributed by atoms with van der Waals surface area (Å²) in [6, 6.07) is 3.50. The van der Waals surface area contributed by atoms with E-state index < -0.39 is 5.60 Å². The number of amides is 2. The van der Waals surface area contributed by atoms with Crippen molar-refractivity contribution < 1.29 is 14.3 Å². The number of pyridine rings is 1. The molecule has 2 spiro atoms. The molecule has 35 heavy (non-hydrogen) atoms. The highest BCUT2D eigenvalue weighted by Gasteiger charge is 2.57. The van der Waals surface area contributed by atoms with Crippen LogP contribution in [0, 0.1) is 22.6 Å². The average molecular weight is 481 g/mol. The molecule has 2 aromatic heterocycles. The van der Waals surface area contributed by atoms with Gasteiger partial charge in [0, 0.05) is 48.6 Å². The van der Waals surface area contributed by atoms with Gasteiger partial charge in [0.25, 0.3) is 0 Å². The Balaban J connectivity index is 0.850. The van der Waals surface area contributed by atoms with E-state index in [0.29, 0.717) is 23.1 Å². The van der Waals surface area contributed by atoms with Crippen LogP contribution in [0.1, 0.15) is 74.6 Å². The Morgan fingerprint density at radius 3 is 2.34 bits per heavy atom. The van der Waals surface area contributed by atoms with Crippen molar-refractivity contribution in [2.45, 2.75) is 69.3 Å². The number of hydrogen-bond acceptors (Lipinski definition) is 5. The Bertz CT molecular complexity index is 1110. The number of carbonyl (C=O) groups is 1. The second-order valence-corrected chi connectivity index (χ2v) is 12.3. The van der Waals surface area contributed by atoms with E-state index in [2.05, 4.69) is 20.2 Å². The first-order valence-corrected chi connectivity index (χ1v) is 13.1. The molecule has 4 heterocycles. The number of nitrogens with one attached hydrogen (secondary N) is 1. The normalized spacial score (nSPS) is 26.3. The number of hydrogen-bond donors (Lipinski definition) is 2. The van der Waals surface area contributed by atoms with Gasteiger partial charge in [0.2, 0.25) is 0 Å². The van der Waals surface area contributed by atoms with Crippen LogP contribution >= 0.6 is 0 Å². The molecule has 2 aliphatic heterocycles. The van der Waals surface area contributed by atoms with Crippen LogP contribution in [0.3, 0.4) is 0 Å². The minimum Gasteiger partial charge on any atom is -0.382 e. The zero-order valence-corrected chi connectivity index (χ0v) is 20.0. The third kappa shape index (κ3) is 3.74. The predicted molar refractivity (Wildman–Crippen MR) is 125 cm³/mol. The van der Waals surface area contributed by atoms with Gasteiger partial charge in [0.05, 0.1) is 6.20 Å². The van der Waals surface area contributed by atoms with Crippen LogP contribution in [0.15, 0.2) is 18.3 Å². The van der Waals surface area contributed by atoms with Gasteiger partial charge in [0.1, 0.15) is 17.2 Å². The molecular weight excluding hydrogens is 447 g/mol. The number of aromatic nitrogens is 4. The fourth-order valence-electron chi connectivity index (χ4n) is 7.09. The zero-order valence-electron chi connectivity index (χ0n) is 20.0. The van der Waals surface area contributed by atoms with Gasteiger partial charge in [-0.05, 0) is 75.8 Å². The molecule has 3 aliphatic carbocycles. The Morgan fingerprint density at radius 2 is 1.71 bits per heavy atom. The summed E-state index contributed by atoms with van der Waals surface area (Å²) in [6.45, 7) is 3.49. The first-order valence-electron chi connectivity index (χ1n) is 13.1. The number of urea groups is 1. The van der Waals surface area contributed by atoms with E-state index in [4.69, 9.17) is 0 Å². The lowest BCUT2D eigenvalue weighted by Crippen LogP contribution is -2.69. The second-order valence-electron chi connectivity index (χ2n) is 12.3. The summed E-state index contributed by atoms with van der Waals surface area (Å²) in [5, 5.41) is 18.6. The van der Waals surface area contributed by atoms with E-state index >= 15 is 0 Å². The Hall–Kier alpha value is -2.55.